The predicted molar refractivity (Wildman–Crippen MR) is 101 cm³/mol. The normalized spacial score (nSPS) is 10.6. The molecule has 2 amide bonds. The number of urea groups is 1. The molecule has 138 valence electrons. The number of carbonyl (C=O) groups is 2. The molecule has 1 aromatic heterocycles. The number of esters is 1. The molecule has 0 aliphatic rings. The van der Waals surface area contributed by atoms with Gasteiger partial charge in [-0.3, -0.25) is 0 Å². The van der Waals surface area contributed by atoms with Gasteiger partial charge in [-0.15, -0.1) is 0 Å². The van der Waals surface area contributed by atoms with Crippen molar-refractivity contribution in [1.29, 1.82) is 0 Å². The second-order valence-corrected chi connectivity index (χ2v) is 5.92. The largest absolute Gasteiger partial charge is 0.457 e. The summed E-state index contributed by atoms with van der Waals surface area (Å²) in [6.45, 7) is 1.95. The van der Waals surface area contributed by atoms with Crippen molar-refractivity contribution in [1.82, 2.24) is 0 Å². The molecule has 0 saturated heterocycles. The molecule has 27 heavy (non-hydrogen) atoms. The molecule has 0 bridgehead atoms. The number of primary amides is 1. The fourth-order valence-electron chi connectivity index (χ4n) is 2.67. The Morgan fingerprint density at radius 3 is 2.52 bits per heavy atom. The number of hydrogen-bond acceptors (Lipinski definition) is 5. The summed E-state index contributed by atoms with van der Waals surface area (Å²) in [4.78, 5) is 34.8. The third-order valence-electron chi connectivity index (χ3n) is 4.05. The van der Waals surface area contributed by atoms with Crippen LogP contribution in [0.5, 0.6) is 0 Å². The molecule has 2 aromatic carbocycles. The summed E-state index contributed by atoms with van der Waals surface area (Å²) >= 11 is 0. The topological polar surface area (TPSA) is 112 Å². The molecule has 0 radical (unpaired) electrons. The quantitative estimate of drug-likeness (QED) is 0.532. The molecule has 1 heterocycles. The number of carbonyl (C=O) groups excluding carboxylic acids is 2. The number of anilines is 1. The van der Waals surface area contributed by atoms with E-state index in [4.69, 9.17) is 14.9 Å². The van der Waals surface area contributed by atoms with Crippen LogP contribution < -0.4 is 16.7 Å². The van der Waals surface area contributed by atoms with Gasteiger partial charge < -0.3 is 20.2 Å². The van der Waals surface area contributed by atoms with E-state index in [2.05, 4.69) is 5.32 Å². The zero-order valence-electron chi connectivity index (χ0n) is 14.7. The van der Waals surface area contributed by atoms with Crippen LogP contribution in [0.2, 0.25) is 0 Å². The number of amides is 2. The van der Waals surface area contributed by atoms with E-state index in [1.54, 1.807) is 12.1 Å². The van der Waals surface area contributed by atoms with E-state index in [1.165, 1.54) is 18.2 Å². The summed E-state index contributed by atoms with van der Waals surface area (Å²) in [7, 11) is 0. The maximum Gasteiger partial charge on any atom is 0.338 e. The van der Waals surface area contributed by atoms with Gasteiger partial charge in [0.15, 0.2) is 0 Å². The minimum atomic E-state index is -0.689. The van der Waals surface area contributed by atoms with Crippen LogP contribution >= 0.6 is 0 Å². The van der Waals surface area contributed by atoms with Crippen molar-refractivity contribution in [2.24, 2.45) is 5.73 Å². The Morgan fingerprint density at radius 2 is 1.85 bits per heavy atom. The number of ether oxygens (including phenoxy) is 1. The van der Waals surface area contributed by atoms with E-state index < -0.39 is 17.6 Å². The Morgan fingerprint density at radius 1 is 1.11 bits per heavy atom. The maximum atomic E-state index is 12.2. The first kappa shape index (κ1) is 18.2. The highest BCUT2D eigenvalue weighted by Crippen LogP contribution is 2.20. The van der Waals surface area contributed by atoms with Gasteiger partial charge >= 0.3 is 17.6 Å². The van der Waals surface area contributed by atoms with E-state index >= 15 is 0 Å². The first-order valence-corrected chi connectivity index (χ1v) is 8.35. The minimum absolute atomic E-state index is 0.0618. The van der Waals surface area contributed by atoms with Crippen LogP contribution in [0.4, 0.5) is 10.5 Å². The van der Waals surface area contributed by atoms with Crippen LogP contribution in [0.15, 0.2) is 57.7 Å². The van der Waals surface area contributed by atoms with Crippen molar-refractivity contribution in [3.63, 3.8) is 0 Å². The van der Waals surface area contributed by atoms with Crippen molar-refractivity contribution >= 4 is 28.7 Å². The van der Waals surface area contributed by atoms with Crippen LogP contribution in [0, 0.1) is 0 Å². The van der Waals surface area contributed by atoms with Gasteiger partial charge in [-0.25, -0.2) is 14.4 Å². The lowest BCUT2D eigenvalue weighted by molar-refractivity contribution is 0.0474. The van der Waals surface area contributed by atoms with Crippen LogP contribution in [0.3, 0.4) is 0 Å². The Labute approximate surface area is 154 Å². The fraction of sp³-hybridized carbons (Fsp3) is 0.150. The van der Waals surface area contributed by atoms with Crippen molar-refractivity contribution in [3.05, 3.63) is 75.6 Å². The van der Waals surface area contributed by atoms with Crippen LogP contribution in [-0.2, 0) is 17.8 Å². The average molecular weight is 366 g/mol. The van der Waals surface area contributed by atoms with Crippen LogP contribution in [-0.4, -0.2) is 12.0 Å². The second-order valence-electron chi connectivity index (χ2n) is 5.92. The lowest BCUT2D eigenvalue weighted by Crippen LogP contribution is -2.19. The minimum Gasteiger partial charge on any atom is -0.457 e. The van der Waals surface area contributed by atoms with E-state index in [0.717, 1.165) is 17.4 Å². The SMILES string of the molecule is CCc1ccc2c(COC(=O)c3ccc(NC(N)=O)cc3)cc(=O)oc2c1. The van der Waals surface area contributed by atoms with Gasteiger partial charge in [0.1, 0.15) is 12.2 Å². The Balaban J connectivity index is 1.77. The van der Waals surface area contributed by atoms with E-state index in [1.807, 2.05) is 25.1 Å². The molecule has 3 aromatic rings. The van der Waals surface area contributed by atoms with Crippen molar-refractivity contribution in [2.45, 2.75) is 20.0 Å². The number of rotatable bonds is 5. The standard InChI is InChI=1S/C20H18N2O5/c1-2-12-3-8-16-14(10-18(23)27-17(16)9-12)11-26-19(24)13-4-6-15(7-5-13)22-20(21)25/h3-10H,2,11H2,1H3,(H3,21,22,25). The summed E-state index contributed by atoms with van der Waals surface area (Å²) in [5.74, 6) is -0.549. The average Bonchev–Trinajstić information content (AvgIpc) is 2.65. The molecule has 7 heteroatoms. The molecule has 0 saturated carbocycles. The second kappa shape index (κ2) is 7.74. The van der Waals surface area contributed by atoms with Gasteiger partial charge in [0, 0.05) is 22.7 Å². The summed E-state index contributed by atoms with van der Waals surface area (Å²) in [6.07, 6.45) is 0.819. The number of nitrogens with one attached hydrogen (secondary N) is 1. The molecule has 0 fully saturated rings. The monoisotopic (exact) mass is 366 g/mol. The van der Waals surface area contributed by atoms with Crippen molar-refractivity contribution < 1.29 is 18.7 Å². The summed E-state index contributed by atoms with van der Waals surface area (Å²) in [5.41, 5.74) is 7.41. The van der Waals surface area contributed by atoms with E-state index in [0.29, 0.717) is 22.4 Å². The molecule has 0 aliphatic carbocycles. The summed E-state index contributed by atoms with van der Waals surface area (Å²) in [6, 6.07) is 12.3. The zero-order chi connectivity index (χ0) is 19.4. The van der Waals surface area contributed by atoms with Gasteiger partial charge in [-0.1, -0.05) is 19.1 Å². The Hall–Kier alpha value is -3.61. The van der Waals surface area contributed by atoms with Gasteiger partial charge in [-0.05, 0) is 42.3 Å². The highest BCUT2D eigenvalue weighted by molar-refractivity contribution is 5.92. The number of fused-ring (bicyclic) bond motifs is 1. The Bertz CT molecular complexity index is 1050. The summed E-state index contributed by atoms with van der Waals surface area (Å²) in [5, 5.41) is 3.13. The maximum absolute atomic E-state index is 12.2. The summed E-state index contributed by atoms with van der Waals surface area (Å²) < 4.78 is 10.6. The van der Waals surface area contributed by atoms with Crippen LogP contribution in [0.1, 0.15) is 28.4 Å². The van der Waals surface area contributed by atoms with Crippen molar-refractivity contribution in [3.8, 4) is 0 Å². The molecule has 0 atom stereocenters. The highest BCUT2D eigenvalue weighted by atomic mass is 16.5. The molecule has 3 N–H and O–H groups in total. The lowest BCUT2D eigenvalue weighted by Gasteiger charge is -2.09. The van der Waals surface area contributed by atoms with Gasteiger partial charge in [0.2, 0.25) is 0 Å². The lowest BCUT2D eigenvalue weighted by atomic mass is 10.1. The first-order chi connectivity index (χ1) is 13.0. The molecular formula is C20H18N2O5. The third-order valence-corrected chi connectivity index (χ3v) is 4.05. The fourth-order valence-corrected chi connectivity index (χ4v) is 2.67. The molecule has 7 nitrogen and oxygen atoms in total. The highest BCUT2D eigenvalue weighted by Gasteiger charge is 2.11. The molecule has 0 unspecified atom stereocenters. The number of aryl methyl sites for hydroxylation is 1. The number of hydrogen-bond donors (Lipinski definition) is 2. The smallest absolute Gasteiger partial charge is 0.338 e. The van der Waals surface area contributed by atoms with Gasteiger partial charge in [0.25, 0.3) is 0 Å². The Kier molecular flexibility index (Phi) is 5.21. The molecule has 0 aliphatic heterocycles. The molecule has 0 spiro atoms. The number of benzene rings is 2. The van der Waals surface area contributed by atoms with Crippen LogP contribution in [0.25, 0.3) is 11.0 Å². The number of nitrogens with two attached hydrogens (primary N) is 1. The first-order valence-electron chi connectivity index (χ1n) is 8.35. The van der Waals surface area contributed by atoms with Gasteiger partial charge in [-0.2, -0.15) is 0 Å². The van der Waals surface area contributed by atoms with E-state index in [9.17, 15) is 14.4 Å². The third kappa shape index (κ3) is 4.33. The predicted octanol–water partition coefficient (Wildman–Crippen LogP) is 3.20. The van der Waals surface area contributed by atoms with Gasteiger partial charge in [0.05, 0.1) is 5.56 Å². The van der Waals surface area contributed by atoms with Crippen molar-refractivity contribution in [2.75, 3.05) is 5.32 Å². The zero-order valence-corrected chi connectivity index (χ0v) is 14.7. The molecule has 3 rings (SSSR count). The van der Waals surface area contributed by atoms with E-state index in [-0.39, 0.29) is 6.61 Å². The molecular weight excluding hydrogens is 348 g/mol.